The average Bonchev–Trinajstić information content (AvgIpc) is 2.79. The molecule has 4 aliphatic carbocycles. The van der Waals surface area contributed by atoms with Crippen LogP contribution in [0.5, 0.6) is 0 Å². The van der Waals surface area contributed by atoms with Gasteiger partial charge in [-0.2, -0.15) is 0 Å². The van der Waals surface area contributed by atoms with Gasteiger partial charge >= 0.3 is 0 Å². The smallest absolute Gasteiger partial charge is 0.0612 e. The maximum absolute atomic E-state index is 4.02. The Balaban J connectivity index is 1.96. The summed E-state index contributed by atoms with van der Waals surface area (Å²) in [6, 6.07) is 0. The molecule has 0 saturated heterocycles. The first-order valence-corrected chi connectivity index (χ1v) is 8.82. The highest BCUT2D eigenvalue weighted by Gasteiger charge is 2.73. The van der Waals surface area contributed by atoms with Crippen molar-refractivity contribution < 1.29 is 0 Å². The van der Waals surface area contributed by atoms with Gasteiger partial charge in [-0.25, -0.2) is 0 Å². The van der Waals surface area contributed by atoms with Crippen molar-refractivity contribution in [3.05, 3.63) is 10.6 Å². The molecule has 0 aliphatic heterocycles. The van der Waals surface area contributed by atoms with E-state index in [0.29, 0.717) is 9.65 Å². The summed E-state index contributed by atoms with van der Waals surface area (Å²) < 4.78 is 1.67. The van der Waals surface area contributed by atoms with Gasteiger partial charge in [0.2, 0.25) is 0 Å². The molecule has 4 aliphatic rings. The number of fused-ring (bicyclic) bond motifs is 2. The molecule has 0 radical (unpaired) electrons. The van der Waals surface area contributed by atoms with Crippen LogP contribution in [-0.2, 0) is 0 Å². The minimum absolute atomic E-state index is 0.225. The van der Waals surface area contributed by atoms with Crippen LogP contribution in [0.15, 0.2) is 10.6 Å². The fraction of sp³-hybridized carbons (Fsp3) is 0.818. The molecule has 0 aromatic heterocycles. The topological polar surface area (TPSA) is 0 Å². The Kier molecular flexibility index (Phi) is 2.09. The molecule has 8 atom stereocenters. The van der Waals surface area contributed by atoms with E-state index in [-0.39, 0.29) is 4.32 Å². The van der Waals surface area contributed by atoms with Gasteiger partial charge in [-0.3, -0.25) is 0 Å². The lowest BCUT2D eigenvalue weighted by molar-refractivity contribution is 0.286. The zero-order valence-corrected chi connectivity index (χ0v) is 14.2. The lowest BCUT2D eigenvalue weighted by atomic mass is 9.81. The van der Waals surface area contributed by atoms with E-state index in [4.69, 9.17) is 0 Å². The van der Waals surface area contributed by atoms with Gasteiger partial charge in [0.25, 0.3) is 0 Å². The van der Waals surface area contributed by atoms with Crippen LogP contribution >= 0.6 is 63.7 Å². The predicted octanol–water partition coefficient (Wildman–Crippen LogP) is 4.45. The summed E-state index contributed by atoms with van der Waals surface area (Å²) in [7, 11) is 0. The van der Waals surface area contributed by atoms with E-state index < -0.39 is 0 Å². The van der Waals surface area contributed by atoms with Crippen molar-refractivity contribution in [1.82, 2.24) is 0 Å². The summed E-state index contributed by atoms with van der Waals surface area (Å²) in [5.74, 6) is 4.21. The van der Waals surface area contributed by atoms with Crippen molar-refractivity contribution in [2.24, 2.45) is 29.6 Å². The van der Waals surface area contributed by atoms with E-state index in [1.54, 1.807) is 0 Å². The van der Waals surface area contributed by atoms with Gasteiger partial charge in [0.15, 0.2) is 0 Å². The maximum atomic E-state index is 4.02. The molecular formula is C11H10Br4. The second-order valence-corrected chi connectivity index (χ2v) is 9.73. The Hall–Kier alpha value is 1.66. The van der Waals surface area contributed by atoms with Crippen LogP contribution in [0, 0.1) is 29.6 Å². The molecule has 0 aromatic carbocycles. The van der Waals surface area contributed by atoms with Gasteiger partial charge in [0.1, 0.15) is 0 Å². The van der Waals surface area contributed by atoms with Gasteiger partial charge < -0.3 is 0 Å². The normalized spacial score (nSPS) is 69.1. The molecule has 15 heavy (non-hydrogen) atoms. The highest BCUT2D eigenvalue weighted by atomic mass is 79.9. The third-order valence-electron chi connectivity index (χ3n) is 5.07. The van der Waals surface area contributed by atoms with E-state index in [1.165, 1.54) is 10.9 Å². The molecule has 3 saturated carbocycles. The minimum atomic E-state index is 0.225. The van der Waals surface area contributed by atoms with Gasteiger partial charge in [0, 0.05) is 9.65 Å². The standard InChI is InChI=1S/C11H10Br4/c12-5-2-11(15)8-3-1-4(6(5)8)9(13)7(3)10(11)14/h2-4,6-10H,1H2/t3?,4?,6?,7?,8?,9?,10-,11?/m0/s1. The number of allylic oxidation sites excluding steroid dienone is 2. The number of rotatable bonds is 0. The van der Waals surface area contributed by atoms with Gasteiger partial charge in [-0.15, -0.1) is 0 Å². The van der Waals surface area contributed by atoms with Crippen molar-refractivity contribution in [2.75, 3.05) is 0 Å². The Morgan fingerprint density at radius 2 is 2.00 bits per heavy atom. The number of hydrogen-bond donors (Lipinski definition) is 0. The molecule has 4 rings (SSSR count). The number of hydrogen-bond acceptors (Lipinski definition) is 0. The second kappa shape index (κ2) is 2.97. The predicted molar refractivity (Wildman–Crippen MR) is 76.2 cm³/mol. The molecule has 2 bridgehead atoms. The summed E-state index contributed by atoms with van der Waals surface area (Å²) >= 11 is 15.7. The van der Waals surface area contributed by atoms with E-state index in [9.17, 15) is 0 Å². The van der Waals surface area contributed by atoms with Crippen LogP contribution in [0.25, 0.3) is 0 Å². The summed E-state index contributed by atoms with van der Waals surface area (Å²) in [5, 5.41) is 0. The van der Waals surface area contributed by atoms with Crippen LogP contribution in [0.4, 0.5) is 0 Å². The van der Waals surface area contributed by atoms with Crippen molar-refractivity contribution in [2.45, 2.75) is 20.4 Å². The van der Waals surface area contributed by atoms with Crippen LogP contribution < -0.4 is 0 Å². The Bertz CT molecular complexity index is 379. The van der Waals surface area contributed by atoms with Gasteiger partial charge in [0.05, 0.1) is 4.32 Å². The first kappa shape index (κ1) is 10.6. The molecule has 7 unspecified atom stereocenters. The fourth-order valence-corrected chi connectivity index (χ4v) is 10.0. The molecule has 0 spiro atoms. The zero-order chi connectivity index (χ0) is 10.5. The Morgan fingerprint density at radius 3 is 2.73 bits per heavy atom. The highest BCUT2D eigenvalue weighted by Crippen LogP contribution is 2.75. The third-order valence-corrected chi connectivity index (χ3v) is 10.4. The highest BCUT2D eigenvalue weighted by molar-refractivity contribution is 9.13. The number of alkyl halides is 3. The monoisotopic (exact) mass is 458 g/mol. The lowest BCUT2D eigenvalue weighted by Crippen LogP contribution is -2.30. The molecule has 0 aromatic rings. The van der Waals surface area contributed by atoms with Crippen LogP contribution in [0.3, 0.4) is 0 Å². The second-order valence-electron chi connectivity index (χ2n) is 5.40. The molecule has 82 valence electrons. The van der Waals surface area contributed by atoms with Crippen molar-refractivity contribution in [3.63, 3.8) is 0 Å². The van der Waals surface area contributed by atoms with Crippen molar-refractivity contribution >= 4 is 63.7 Å². The van der Waals surface area contributed by atoms with Crippen molar-refractivity contribution in [3.8, 4) is 0 Å². The Labute approximate surface area is 123 Å². The molecule has 3 fully saturated rings. The van der Waals surface area contributed by atoms with E-state index in [1.807, 2.05) is 0 Å². The first-order chi connectivity index (χ1) is 7.05. The Morgan fingerprint density at radius 1 is 1.27 bits per heavy atom. The zero-order valence-electron chi connectivity index (χ0n) is 7.84. The van der Waals surface area contributed by atoms with Crippen LogP contribution in [0.2, 0.25) is 0 Å². The molecule has 0 N–H and O–H groups in total. The lowest BCUT2D eigenvalue weighted by Gasteiger charge is -2.30. The SMILES string of the molecule is BrC1=CC2(Br)C3C4CC(C(Br)C4[C@@H]2Br)C13. The third kappa shape index (κ3) is 0.978. The average molecular weight is 462 g/mol. The quantitative estimate of drug-likeness (QED) is 0.468. The molecular weight excluding hydrogens is 452 g/mol. The van der Waals surface area contributed by atoms with E-state index in [0.717, 1.165) is 29.6 Å². The molecule has 0 nitrogen and oxygen atoms in total. The van der Waals surface area contributed by atoms with E-state index in [2.05, 4.69) is 69.8 Å². The summed E-state index contributed by atoms with van der Waals surface area (Å²) in [6.45, 7) is 0. The van der Waals surface area contributed by atoms with Crippen LogP contribution in [0.1, 0.15) is 6.42 Å². The van der Waals surface area contributed by atoms with Gasteiger partial charge in [-0.05, 0) is 40.5 Å². The molecule has 4 heteroatoms. The summed E-state index contributed by atoms with van der Waals surface area (Å²) in [4.78, 5) is 1.31. The number of halogens is 4. The van der Waals surface area contributed by atoms with E-state index >= 15 is 0 Å². The maximum Gasteiger partial charge on any atom is 0.0612 e. The summed E-state index contributed by atoms with van der Waals surface area (Å²) in [6.07, 6.45) is 3.86. The van der Waals surface area contributed by atoms with Gasteiger partial charge in [-0.1, -0.05) is 69.8 Å². The molecule has 0 heterocycles. The molecule has 0 amide bonds. The first-order valence-electron chi connectivity index (χ1n) is 5.41. The minimum Gasteiger partial charge on any atom is -0.0884 e. The largest absolute Gasteiger partial charge is 0.0884 e. The summed E-state index contributed by atoms with van der Waals surface area (Å²) in [5.41, 5.74) is 0. The van der Waals surface area contributed by atoms with Crippen molar-refractivity contribution in [1.29, 1.82) is 0 Å². The van der Waals surface area contributed by atoms with Crippen LogP contribution in [-0.4, -0.2) is 14.0 Å². The fourth-order valence-electron chi connectivity index (χ4n) is 4.71.